The van der Waals surface area contributed by atoms with E-state index in [1.54, 1.807) is 40.7 Å². The van der Waals surface area contributed by atoms with Crippen LogP contribution in [0.4, 0.5) is 4.79 Å². The quantitative estimate of drug-likeness (QED) is 0.754. The molecule has 0 bridgehead atoms. The summed E-state index contributed by atoms with van der Waals surface area (Å²) in [5.41, 5.74) is -1.44. The fourth-order valence-electron chi connectivity index (χ4n) is 1.26. The van der Waals surface area contributed by atoms with Crippen LogP contribution in [0.25, 0.3) is 0 Å². The topological polar surface area (TPSA) is 66.8 Å². The van der Waals surface area contributed by atoms with Crippen molar-refractivity contribution in [3.63, 3.8) is 0 Å². The summed E-state index contributed by atoms with van der Waals surface area (Å²) in [5, 5.41) is 9.05. The van der Waals surface area contributed by atoms with E-state index in [0.29, 0.717) is 19.5 Å². The van der Waals surface area contributed by atoms with E-state index < -0.39 is 23.1 Å². The number of ether oxygens (including phenoxy) is 1. The van der Waals surface area contributed by atoms with Gasteiger partial charge in [0.25, 0.3) is 0 Å². The normalized spacial score (nSPS) is 11.8. The van der Waals surface area contributed by atoms with Crippen LogP contribution in [0.2, 0.25) is 0 Å². The first-order valence-electron chi connectivity index (χ1n) is 6.32. The zero-order chi connectivity index (χ0) is 15.3. The highest BCUT2D eigenvalue weighted by Crippen LogP contribution is 2.21. The maximum absolute atomic E-state index is 11.9. The highest BCUT2D eigenvalue weighted by atomic mass is 16.6. The van der Waals surface area contributed by atoms with Gasteiger partial charge in [0, 0.05) is 13.1 Å². The summed E-state index contributed by atoms with van der Waals surface area (Å²) in [6.45, 7) is 12.9. The van der Waals surface area contributed by atoms with Crippen LogP contribution in [-0.4, -0.2) is 40.8 Å². The summed E-state index contributed by atoms with van der Waals surface area (Å²) in [4.78, 5) is 24.4. The molecule has 110 valence electrons. The second-order valence-electron chi connectivity index (χ2n) is 6.15. The van der Waals surface area contributed by atoms with Gasteiger partial charge < -0.3 is 14.7 Å². The molecule has 0 radical (unpaired) electrons. The maximum Gasteiger partial charge on any atom is 0.410 e. The number of aliphatic carboxylic acids is 1. The first kappa shape index (κ1) is 17.5. The third kappa shape index (κ3) is 6.84. The van der Waals surface area contributed by atoms with Crippen molar-refractivity contribution in [3.8, 4) is 0 Å². The molecule has 0 rings (SSSR count). The predicted molar refractivity (Wildman–Crippen MR) is 74.0 cm³/mol. The van der Waals surface area contributed by atoms with E-state index in [9.17, 15) is 9.59 Å². The summed E-state index contributed by atoms with van der Waals surface area (Å²) in [7, 11) is 0. The first-order chi connectivity index (χ1) is 8.49. The lowest BCUT2D eigenvalue weighted by Crippen LogP contribution is -2.39. The van der Waals surface area contributed by atoms with Gasteiger partial charge in [-0.2, -0.15) is 0 Å². The first-order valence-corrected chi connectivity index (χ1v) is 6.32. The number of hydrogen-bond acceptors (Lipinski definition) is 3. The number of carbonyl (C=O) groups is 2. The zero-order valence-corrected chi connectivity index (χ0v) is 12.5. The predicted octanol–water partition coefficient (Wildman–Crippen LogP) is 2.91. The minimum absolute atomic E-state index is 0.320. The second kappa shape index (κ2) is 6.59. The molecule has 0 aliphatic carbocycles. The standard InChI is InChI=1S/C14H25NO4/c1-7-9-15(12(18)19-13(2,3)4)10-8-14(5,6)11(16)17/h7H,1,8-10H2,2-6H3,(H,16,17). The summed E-state index contributed by atoms with van der Waals surface area (Å²) >= 11 is 0. The van der Waals surface area contributed by atoms with E-state index in [1.807, 2.05) is 0 Å². The Morgan fingerprint density at radius 2 is 1.79 bits per heavy atom. The summed E-state index contributed by atoms with van der Waals surface area (Å²) in [5.74, 6) is -0.879. The number of hydrogen-bond donors (Lipinski definition) is 1. The van der Waals surface area contributed by atoms with Gasteiger partial charge in [-0.25, -0.2) is 4.79 Å². The highest BCUT2D eigenvalue weighted by Gasteiger charge is 2.29. The van der Waals surface area contributed by atoms with Crippen molar-refractivity contribution in [2.24, 2.45) is 5.41 Å². The Kier molecular flexibility index (Phi) is 6.06. The van der Waals surface area contributed by atoms with Crippen LogP contribution < -0.4 is 0 Å². The van der Waals surface area contributed by atoms with Gasteiger partial charge in [0.1, 0.15) is 5.60 Å². The molecule has 0 aliphatic rings. The number of rotatable bonds is 6. The van der Waals surface area contributed by atoms with Gasteiger partial charge in [-0.05, 0) is 41.0 Å². The molecule has 0 aromatic carbocycles. The minimum Gasteiger partial charge on any atom is -0.481 e. The fourth-order valence-corrected chi connectivity index (χ4v) is 1.26. The Morgan fingerprint density at radius 3 is 2.16 bits per heavy atom. The van der Waals surface area contributed by atoms with E-state index in [4.69, 9.17) is 9.84 Å². The van der Waals surface area contributed by atoms with Gasteiger partial charge in [0.05, 0.1) is 5.41 Å². The Balaban J connectivity index is 4.62. The largest absolute Gasteiger partial charge is 0.481 e. The summed E-state index contributed by atoms with van der Waals surface area (Å²) in [6, 6.07) is 0. The van der Waals surface area contributed by atoms with Gasteiger partial charge in [0.2, 0.25) is 0 Å². The molecule has 0 aromatic heterocycles. The van der Waals surface area contributed by atoms with Gasteiger partial charge in [-0.15, -0.1) is 6.58 Å². The third-order valence-electron chi connectivity index (χ3n) is 2.59. The Morgan fingerprint density at radius 1 is 1.26 bits per heavy atom. The van der Waals surface area contributed by atoms with Crippen LogP contribution in [0.5, 0.6) is 0 Å². The molecule has 19 heavy (non-hydrogen) atoms. The van der Waals surface area contributed by atoms with Crippen molar-refractivity contribution in [1.29, 1.82) is 0 Å². The van der Waals surface area contributed by atoms with Gasteiger partial charge in [-0.3, -0.25) is 4.79 Å². The van der Waals surface area contributed by atoms with Crippen molar-refractivity contribution in [3.05, 3.63) is 12.7 Å². The number of nitrogens with zero attached hydrogens (tertiary/aromatic N) is 1. The lowest BCUT2D eigenvalue weighted by molar-refractivity contribution is -0.147. The molecule has 1 amide bonds. The molecule has 0 saturated heterocycles. The lowest BCUT2D eigenvalue weighted by Gasteiger charge is -2.28. The Labute approximate surface area is 115 Å². The molecule has 0 spiro atoms. The molecular formula is C14H25NO4. The number of amides is 1. The highest BCUT2D eigenvalue weighted by molar-refractivity contribution is 5.73. The van der Waals surface area contributed by atoms with Crippen molar-refractivity contribution >= 4 is 12.1 Å². The number of carboxylic acids is 1. The van der Waals surface area contributed by atoms with E-state index in [2.05, 4.69) is 6.58 Å². The van der Waals surface area contributed by atoms with Crippen molar-refractivity contribution in [1.82, 2.24) is 4.90 Å². The fraction of sp³-hybridized carbons (Fsp3) is 0.714. The van der Waals surface area contributed by atoms with Crippen LogP contribution in [0.1, 0.15) is 41.0 Å². The van der Waals surface area contributed by atoms with Crippen molar-refractivity contribution < 1.29 is 19.4 Å². The molecule has 0 aliphatic heterocycles. The van der Waals surface area contributed by atoms with E-state index >= 15 is 0 Å². The lowest BCUT2D eigenvalue weighted by atomic mass is 9.89. The third-order valence-corrected chi connectivity index (χ3v) is 2.59. The molecule has 0 fully saturated rings. The van der Waals surface area contributed by atoms with Crippen LogP contribution in [0, 0.1) is 5.41 Å². The zero-order valence-electron chi connectivity index (χ0n) is 12.5. The van der Waals surface area contributed by atoms with Crippen LogP contribution in [0.3, 0.4) is 0 Å². The SMILES string of the molecule is C=CCN(CCC(C)(C)C(=O)O)C(=O)OC(C)(C)C. The monoisotopic (exact) mass is 271 g/mol. The van der Waals surface area contributed by atoms with E-state index in [0.717, 1.165) is 0 Å². The smallest absolute Gasteiger partial charge is 0.410 e. The van der Waals surface area contributed by atoms with Crippen LogP contribution in [0.15, 0.2) is 12.7 Å². The second-order valence-corrected chi connectivity index (χ2v) is 6.15. The Hall–Kier alpha value is -1.52. The number of carbonyl (C=O) groups excluding carboxylic acids is 1. The molecule has 1 N–H and O–H groups in total. The van der Waals surface area contributed by atoms with Gasteiger partial charge in [0.15, 0.2) is 0 Å². The average molecular weight is 271 g/mol. The van der Waals surface area contributed by atoms with E-state index in [-0.39, 0.29) is 0 Å². The molecule has 0 unspecified atom stereocenters. The van der Waals surface area contributed by atoms with Crippen molar-refractivity contribution in [2.45, 2.75) is 46.6 Å². The van der Waals surface area contributed by atoms with Crippen molar-refractivity contribution in [2.75, 3.05) is 13.1 Å². The maximum atomic E-state index is 11.9. The molecule has 0 atom stereocenters. The molecule has 5 nitrogen and oxygen atoms in total. The molecule has 5 heteroatoms. The van der Waals surface area contributed by atoms with Gasteiger partial charge in [-0.1, -0.05) is 6.08 Å². The summed E-state index contributed by atoms with van der Waals surface area (Å²) < 4.78 is 5.27. The van der Waals surface area contributed by atoms with Crippen LogP contribution in [-0.2, 0) is 9.53 Å². The van der Waals surface area contributed by atoms with E-state index in [1.165, 1.54) is 4.90 Å². The average Bonchev–Trinajstić information content (AvgIpc) is 2.21. The molecular weight excluding hydrogens is 246 g/mol. The molecule has 0 saturated carbocycles. The molecule has 0 heterocycles. The molecule has 0 aromatic rings. The minimum atomic E-state index is -0.879. The van der Waals surface area contributed by atoms with Crippen LogP contribution >= 0.6 is 0 Å². The Bertz CT molecular complexity index is 342. The van der Waals surface area contributed by atoms with Gasteiger partial charge >= 0.3 is 12.1 Å². The summed E-state index contributed by atoms with van der Waals surface area (Å²) in [6.07, 6.45) is 1.50. The number of carboxylic acid groups (broad SMARTS) is 1.